The van der Waals surface area contributed by atoms with Gasteiger partial charge < -0.3 is 15.7 Å². The summed E-state index contributed by atoms with van der Waals surface area (Å²) in [5.74, 6) is -0.925. The largest absolute Gasteiger partial charge is 0.481 e. The SMILES string of the molecule is CSC1CCC(NC(=O)Nc2ccc(CC(=O)O)nc2)C1. The van der Waals surface area contributed by atoms with E-state index in [1.165, 1.54) is 6.20 Å². The summed E-state index contributed by atoms with van der Waals surface area (Å²) in [6.45, 7) is 0. The molecule has 2 unspecified atom stereocenters. The summed E-state index contributed by atoms with van der Waals surface area (Å²) in [4.78, 5) is 26.4. The first kappa shape index (κ1) is 15.6. The Morgan fingerprint density at radius 2 is 2.24 bits per heavy atom. The number of hydrogen-bond donors (Lipinski definition) is 3. The van der Waals surface area contributed by atoms with Crippen LogP contribution in [0.5, 0.6) is 0 Å². The smallest absolute Gasteiger partial charge is 0.319 e. The van der Waals surface area contributed by atoms with Crippen molar-refractivity contribution in [3.05, 3.63) is 24.0 Å². The van der Waals surface area contributed by atoms with Crippen LogP contribution in [0.3, 0.4) is 0 Å². The lowest BCUT2D eigenvalue weighted by Gasteiger charge is -2.13. The van der Waals surface area contributed by atoms with Crippen molar-refractivity contribution in [1.29, 1.82) is 0 Å². The van der Waals surface area contributed by atoms with Gasteiger partial charge >= 0.3 is 12.0 Å². The van der Waals surface area contributed by atoms with E-state index in [1.54, 1.807) is 12.1 Å². The molecule has 1 saturated carbocycles. The van der Waals surface area contributed by atoms with Crippen LogP contribution in [0, 0.1) is 0 Å². The van der Waals surface area contributed by atoms with Crippen LogP contribution < -0.4 is 10.6 Å². The normalized spacial score (nSPS) is 21.0. The van der Waals surface area contributed by atoms with Crippen molar-refractivity contribution in [2.24, 2.45) is 0 Å². The third kappa shape index (κ3) is 4.93. The second-order valence-corrected chi connectivity index (χ2v) is 6.21. The Bertz CT molecular complexity index is 507. The summed E-state index contributed by atoms with van der Waals surface area (Å²) in [5.41, 5.74) is 1.02. The summed E-state index contributed by atoms with van der Waals surface area (Å²) in [6.07, 6.45) is 6.59. The van der Waals surface area contributed by atoms with Crippen molar-refractivity contribution in [1.82, 2.24) is 10.3 Å². The summed E-state index contributed by atoms with van der Waals surface area (Å²) in [5, 5.41) is 15.0. The van der Waals surface area contributed by atoms with Gasteiger partial charge in [-0.15, -0.1) is 0 Å². The number of carboxylic acids is 1. The van der Waals surface area contributed by atoms with E-state index in [1.807, 2.05) is 11.8 Å². The highest BCUT2D eigenvalue weighted by Crippen LogP contribution is 2.28. The van der Waals surface area contributed by atoms with E-state index >= 15 is 0 Å². The maximum absolute atomic E-state index is 11.9. The number of carboxylic acid groups (broad SMARTS) is 1. The predicted molar refractivity (Wildman–Crippen MR) is 82.7 cm³/mol. The highest BCUT2D eigenvalue weighted by Gasteiger charge is 2.25. The van der Waals surface area contributed by atoms with Gasteiger partial charge in [-0.05, 0) is 37.7 Å². The van der Waals surface area contributed by atoms with E-state index in [0.717, 1.165) is 19.3 Å². The number of pyridine rings is 1. The summed E-state index contributed by atoms with van der Waals surface area (Å²) >= 11 is 1.84. The van der Waals surface area contributed by atoms with Gasteiger partial charge in [-0.1, -0.05) is 0 Å². The standard InChI is InChI=1S/C14H19N3O3S/c1-21-12-5-4-10(6-12)16-14(20)17-11-3-2-9(15-8-11)7-13(18)19/h2-3,8,10,12H,4-7H2,1H3,(H,18,19)(H2,16,17,20). The molecule has 1 aromatic rings. The fourth-order valence-electron chi connectivity index (χ4n) is 2.40. The van der Waals surface area contributed by atoms with Gasteiger partial charge in [0.05, 0.1) is 24.0 Å². The lowest BCUT2D eigenvalue weighted by atomic mass is 10.2. The van der Waals surface area contributed by atoms with Crippen molar-refractivity contribution >= 4 is 29.4 Å². The summed E-state index contributed by atoms with van der Waals surface area (Å²) < 4.78 is 0. The number of amides is 2. The first-order valence-electron chi connectivity index (χ1n) is 6.84. The predicted octanol–water partition coefficient (Wildman–Crippen LogP) is 2.11. The van der Waals surface area contributed by atoms with Crippen LogP contribution in [-0.2, 0) is 11.2 Å². The number of nitrogens with zero attached hydrogens (tertiary/aromatic N) is 1. The van der Waals surface area contributed by atoms with Crippen molar-refractivity contribution in [2.75, 3.05) is 11.6 Å². The molecule has 3 N–H and O–H groups in total. The fourth-order valence-corrected chi connectivity index (χ4v) is 3.19. The van der Waals surface area contributed by atoms with Gasteiger partial charge in [-0.3, -0.25) is 9.78 Å². The van der Waals surface area contributed by atoms with Crippen LogP contribution in [0.25, 0.3) is 0 Å². The Hall–Kier alpha value is -1.76. The molecule has 0 bridgehead atoms. The fraction of sp³-hybridized carbons (Fsp3) is 0.500. The highest BCUT2D eigenvalue weighted by atomic mass is 32.2. The molecular weight excluding hydrogens is 290 g/mol. The average Bonchev–Trinajstić information content (AvgIpc) is 2.88. The molecule has 0 spiro atoms. The number of carbonyl (C=O) groups is 2. The minimum atomic E-state index is -0.925. The van der Waals surface area contributed by atoms with Gasteiger partial charge in [0.25, 0.3) is 0 Å². The number of thioether (sulfide) groups is 1. The number of aliphatic carboxylic acids is 1. The van der Waals surface area contributed by atoms with Crippen molar-refractivity contribution in [3.63, 3.8) is 0 Å². The minimum absolute atomic E-state index is 0.120. The molecule has 1 aliphatic rings. The molecule has 2 rings (SSSR count). The van der Waals surface area contributed by atoms with E-state index in [-0.39, 0.29) is 18.5 Å². The maximum atomic E-state index is 11.9. The first-order chi connectivity index (χ1) is 10.1. The van der Waals surface area contributed by atoms with Crippen LogP contribution in [0.2, 0.25) is 0 Å². The minimum Gasteiger partial charge on any atom is -0.481 e. The van der Waals surface area contributed by atoms with Crippen LogP contribution in [0.1, 0.15) is 25.0 Å². The van der Waals surface area contributed by atoms with Crippen molar-refractivity contribution in [3.8, 4) is 0 Å². The molecule has 1 fully saturated rings. The third-order valence-corrected chi connectivity index (χ3v) is 4.56. The molecule has 2 atom stereocenters. The summed E-state index contributed by atoms with van der Waals surface area (Å²) in [7, 11) is 0. The molecule has 0 saturated heterocycles. The molecule has 6 nitrogen and oxygen atoms in total. The second-order valence-electron chi connectivity index (χ2n) is 5.07. The topological polar surface area (TPSA) is 91.3 Å². The number of nitrogens with one attached hydrogen (secondary N) is 2. The Kier molecular flexibility index (Phi) is 5.44. The van der Waals surface area contributed by atoms with Crippen molar-refractivity contribution < 1.29 is 14.7 Å². The van der Waals surface area contributed by atoms with E-state index in [0.29, 0.717) is 16.6 Å². The van der Waals surface area contributed by atoms with Crippen LogP contribution >= 0.6 is 11.8 Å². The van der Waals surface area contributed by atoms with E-state index in [2.05, 4.69) is 21.9 Å². The number of aromatic nitrogens is 1. The zero-order valence-electron chi connectivity index (χ0n) is 11.8. The molecule has 21 heavy (non-hydrogen) atoms. The molecule has 2 amide bonds. The monoisotopic (exact) mass is 309 g/mol. The molecule has 0 aliphatic heterocycles. The van der Waals surface area contributed by atoms with E-state index < -0.39 is 5.97 Å². The Labute approximate surface area is 127 Å². The molecule has 114 valence electrons. The number of hydrogen-bond acceptors (Lipinski definition) is 4. The molecule has 1 aromatic heterocycles. The van der Waals surface area contributed by atoms with Gasteiger partial charge in [0.2, 0.25) is 0 Å². The van der Waals surface area contributed by atoms with E-state index in [4.69, 9.17) is 5.11 Å². The molecule has 0 aromatic carbocycles. The van der Waals surface area contributed by atoms with Crippen LogP contribution in [0.4, 0.5) is 10.5 Å². The zero-order valence-corrected chi connectivity index (χ0v) is 12.7. The van der Waals surface area contributed by atoms with Crippen LogP contribution in [0.15, 0.2) is 18.3 Å². The Morgan fingerprint density at radius 3 is 2.81 bits per heavy atom. The first-order valence-corrected chi connectivity index (χ1v) is 8.12. The second kappa shape index (κ2) is 7.31. The van der Waals surface area contributed by atoms with Gasteiger partial charge in [0.15, 0.2) is 0 Å². The average molecular weight is 309 g/mol. The number of anilines is 1. The van der Waals surface area contributed by atoms with Crippen LogP contribution in [-0.4, -0.2) is 39.6 Å². The maximum Gasteiger partial charge on any atom is 0.319 e. The van der Waals surface area contributed by atoms with Gasteiger partial charge in [0.1, 0.15) is 0 Å². The van der Waals surface area contributed by atoms with Gasteiger partial charge in [-0.25, -0.2) is 4.79 Å². The molecule has 0 radical (unpaired) electrons. The molecular formula is C14H19N3O3S. The molecule has 1 aliphatic carbocycles. The van der Waals surface area contributed by atoms with Gasteiger partial charge in [0, 0.05) is 11.3 Å². The molecule has 1 heterocycles. The lowest BCUT2D eigenvalue weighted by Crippen LogP contribution is -2.36. The van der Waals surface area contributed by atoms with Gasteiger partial charge in [-0.2, -0.15) is 11.8 Å². The third-order valence-electron chi connectivity index (χ3n) is 3.47. The zero-order chi connectivity index (χ0) is 15.2. The number of rotatable bonds is 5. The van der Waals surface area contributed by atoms with Crippen molar-refractivity contribution in [2.45, 2.75) is 37.0 Å². The molecule has 7 heteroatoms. The lowest BCUT2D eigenvalue weighted by molar-refractivity contribution is -0.136. The number of urea groups is 1. The summed E-state index contributed by atoms with van der Waals surface area (Å²) in [6, 6.07) is 3.24. The quantitative estimate of drug-likeness (QED) is 0.775. The highest BCUT2D eigenvalue weighted by molar-refractivity contribution is 7.99. The Morgan fingerprint density at radius 1 is 1.43 bits per heavy atom. The number of carbonyl (C=O) groups excluding carboxylic acids is 1. The van der Waals surface area contributed by atoms with E-state index in [9.17, 15) is 9.59 Å². The Balaban J connectivity index is 1.81.